The Morgan fingerprint density at radius 2 is 1.76 bits per heavy atom. The van der Waals surface area contributed by atoms with Gasteiger partial charge in [-0.05, 0) is 55.3 Å². The lowest BCUT2D eigenvalue weighted by Gasteiger charge is -2.10. The van der Waals surface area contributed by atoms with E-state index in [-0.39, 0.29) is 5.91 Å². The van der Waals surface area contributed by atoms with Gasteiger partial charge in [0, 0.05) is 16.9 Å². The van der Waals surface area contributed by atoms with Gasteiger partial charge >= 0.3 is 0 Å². The van der Waals surface area contributed by atoms with E-state index in [4.69, 9.17) is 10.5 Å². The van der Waals surface area contributed by atoms with E-state index in [1.165, 1.54) is 25.7 Å². The summed E-state index contributed by atoms with van der Waals surface area (Å²) in [4.78, 5) is 12.4. The lowest BCUT2D eigenvalue weighted by atomic mass is 10.1. The molecule has 0 saturated heterocycles. The van der Waals surface area contributed by atoms with Crippen LogP contribution in [-0.2, 0) is 0 Å². The van der Waals surface area contributed by atoms with Crippen LogP contribution < -0.4 is 15.8 Å². The molecule has 25 heavy (non-hydrogen) atoms. The van der Waals surface area contributed by atoms with Crippen LogP contribution in [0, 0.1) is 6.92 Å². The lowest BCUT2D eigenvalue weighted by Crippen LogP contribution is -2.13. The molecule has 3 N–H and O–H groups in total. The first-order valence-corrected chi connectivity index (χ1v) is 9.00. The Morgan fingerprint density at radius 3 is 2.48 bits per heavy atom. The van der Waals surface area contributed by atoms with Crippen molar-refractivity contribution in [3.8, 4) is 5.75 Å². The van der Waals surface area contributed by atoms with Crippen LogP contribution in [0.5, 0.6) is 5.75 Å². The smallest absolute Gasteiger partial charge is 0.255 e. The fraction of sp³-hybridized carbons (Fsp3) is 0.381. The van der Waals surface area contributed by atoms with Gasteiger partial charge in [-0.15, -0.1) is 0 Å². The second-order valence-electron chi connectivity index (χ2n) is 6.32. The SMILES string of the molecule is CCCCCCCOc1ccc(C(=O)Nc2cc(N)ccc2C)cc1. The summed E-state index contributed by atoms with van der Waals surface area (Å²) in [6, 6.07) is 12.7. The maximum absolute atomic E-state index is 12.4. The molecule has 0 unspecified atom stereocenters. The molecule has 0 aliphatic heterocycles. The molecule has 2 rings (SSSR count). The summed E-state index contributed by atoms with van der Waals surface area (Å²) in [5.74, 6) is 0.645. The second-order valence-corrected chi connectivity index (χ2v) is 6.32. The van der Waals surface area contributed by atoms with Crippen LogP contribution in [0.1, 0.15) is 54.9 Å². The number of nitrogen functional groups attached to an aromatic ring is 1. The largest absolute Gasteiger partial charge is 0.494 e. The highest BCUT2D eigenvalue weighted by molar-refractivity contribution is 6.04. The van der Waals surface area contributed by atoms with Crippen LogP contribution in [0.25, 0.3) is 0 Å². The van der Waals surface area contributed by atoms with Gasteiger partial charge in [0.1, 0.15) is 5.75 Å². The summed E-state index contributed by atoms with van der Waals surface area (Å²) in [5, 5.41) is 2.90. The number of carbonyl (C=O) groups excluding carboxylic acids is 1. The molecule has 0 heterocycles. The molecule has 0 spiro atoms. The predicted molar refractivity (Wildman–Crippen MR) is 104 cm³/mol. The maximum Gasteiger partial charge on any atom is 0.255 e. The van der Waals surface area contributed by atoms with Crippen molar-refractivity contribution in [2.45, 2.75) is 46.0 Å². The molecule has 2 aromatic rings. The van der Waals surface area contributed by atoms with Crippen molar-refractivity contribution in [3.05, 3.63) is 53.6 Å². The van der Waals surface area contributed by atoms with Gasteiger partial charge in [0.05, 0.1) is 6.61 Å². The Bertz CT molecular complexity index is 681. The number of unbranched alkanes of at least 4 members (excludes halogenated alkanes) is 4. The number of amides is 1. The van der Waals surface area contributed by atoms with E-state index in [9.17, 15) is 4.79 Å². The molecule has 0 radical (unpaired) electrons. The highest BCUT2D eigenvalue weighted by Gasteiger charge is 2.08. The van der Waals surface area contributed by atoms with Gasteiger partial charge in [-0.2, -0.15) is 0 Å². The Kier molecular flexibility index (Phi) is 7.33. The minimum Gasteiger partial charge on any atom is -0.494 e. The molecule has 0 aliphatic rings. The monoisotopic (exact) mass is 340 g/mol. The van der Waals surface area contributed by atoms with E-state index in [1.54, 1.807) is 18.2 Å². The third-order valence-electron chi connectivity index (χ3n) is 4.14. The van der Waals surface area contributed by atoms with E-state index < -0.39 is 0 Å². The van der Waals surface area contributed by atoms with Crippen molar-refractivity contribution in [2.75, 3.05) is 17.7 Å². The second kappa shape index (κ2) is 9.72. The molecule has 0 aliphatic carbocycles. The molecule has 0 saturated carbocycles. The number of hydrogen-bond donors (Lipinski definition) is 2. The highest BCUT2D eigenvalue weighted by atomic mass is 16.5. The molecule has 0 atom stereocenters. The van der Waals surface area contributed by atoms with Crippen molar-refractivity contribution in [3.63, 3.8) is 0 Å². The van der Waals surface area contributed by atoms with E-state index in [2.05, 4.69) is 12.2 Å². The Hall–Kier alpha value is -2.49. The Labute approximate surface area is 150 Å². The van der Waals surface area contributed by atoms with Gasteiger partial charge in [0.2, 0.25) is 0 Å². The first kappa shape index (κ1) is 18.8. The number of anilines is 2. The summed E-state index contributed by atoms with van der Waals surface area (Å²) in [6.07, 6.45) is 6.07. The van der Waals surface area contributed by atoms with Crippen molar-refractivity contribution in [1.29, 1.82) is 0 Å². The van der Waals surface area contributed by atoms with Gasteiger partial charge in [0.25, 0.3) is 5.91 Å². The van der Waals surface area contributed by atoms with Crippen molar-refractivity contribution >= 4 is 17.3 Å². The van der Waals surface area contributed by atoms with Gasteiger partial charge < -0.3 is 15.8 Å². The number of benzene rings is 2. The first-order valence-electron chi connectivity index (χ1n) is 9.00. The average Bonchev–Trinajstić information content (AvgIpc) is 2.61. The van der Waals surface area contributed by atoms with E-state index in [0.29, 0.717) is 11.3 Å². The van der Waals surface area contributed by atoms with Crippen LogP contribution >= 0.6 is 0 Å². The quantitative estimate of drug-likeness (QED) is 0.488. The topological polar surface area (TPSA) is 64.3 Å². The fourth-order valence-electron chi connectivity index (χ4n) is 2.57. The summed E-state index contributed by atoms with van der Waals surface area (Å²) < 4.78 is 5.73. The molecule has 2 aromatic carbocycles. The number of ether oxygens (including phenoxy) is 1. The zero-order valence-electron chi connectivity index (χ0n) is 15.2. The molecule has 0 fully saturated rings. The van der Waals surface area contributed by atoms with Gasteiger partial charge in [-0.1, -0.05) is 38.7 Å². The summed E-state index contributed by atoms with van der Waals surface area (Å²) in [6.45, 7) is 4.87. The highest BCUT2D eigenvalue weighted by Crippen LogP contribution is 2.20. The summed E-state index contributed by atoms with van der Waals surface area (Å²) in [5.41, 5.74) is 8.71. The number of nitrogens with two attached hydrogens (primary N) is 1. The third kappa shape index (κ3) is 6.14. The van der Waals surface area contributed by atoms with Crippen LogP contribution in [0.3, 0.4) is 0 Å². The molecular weight excluding hydrogens is 312 g/mol. The average molecular weight is 340 g/mol. The summed E-state index contributed by atoms with van der Waals surface area (Å²) in [7, 11) is 0. The molecule has 134 valence electrons. The standard InChI is InChI=1S/C21H28N2O2/c1-3-4-5-6-7-14-25-19-12-9-17(10-13-19)21(24)23-20-15-18(22)11-8-16(20)2/h8-13,15H,3-7,14,22H2,1-2H3,(H,23,24). The number of hydrogen-bond acceptors (Lipinski definition) is 3. The summed E-state index contributed by atoms with van der Waals surface area (Å²) >= 11 is 0. The molecule has 4 nitrogen and oxygen atoms in total. The van der Waals surface area contributed by atoms with E-state index >= 15 is 0 Å². The van der Waals surface area contributed by atoms with Crippen LogP contribution in [0.15, 0.2) is 42.5 Å². The van der Waals surface area contributed by atoms with Crippen molar-refractivity contribution < 1.29 is 9.53 Å². The number of carbonyl (C=O) groups is 1. The minimum absolute atomic E-state index is 0.153. The normalized spacial score (nSPS) is 10.5. The molecule has 4 heteroatoms. The fourth-order valence-corrected chi connectivity index (χ4v) is 2.57. The minimum atomic E-state index is -0.153. The molecular formula is C21H28N2O2. The number of nitrogens with one attached hydrogen (secondary N) is 1. The van der Waals surface area contributed by atoms with Gasteiger partial charge in [0.15, 0.2) is 0 Å². The Morgan fingerprint density at radius 1 is 1.04 bits per heavy atom. The lowest BCUT2D eigenvalue weighted by molar-refractivity contribution is 0.102. The van der Waals surface area contributed by atoms with Crippen LogP contribution in [-0.4, -0.2) is 12.5 Å². The third-order valence-corrected chi connectivity index (χ3v) is 4.14. The number of aryl methyl sites for hydroxylation is 1. The Balaban J connectivity index is 1.84. The van der Waals surface area contributed by atoms with Gasteiger partial charge in [-0.3, -0.25) is 4.79 Å². The first-order chi connectivity index (χ1) is 12.1. The zero-order valence-corrected chi connectivity index (χ0v) is 15.2. The van der Waals surface area contributed by atoms with Crippen LogP contribution in [0.2, 0.25) is 0 Å². The predicted octanol–water partition coefficient (Wildman–Crippen LogP) is 5.18. The zero-order chi connectivity index (χ0) is 18.1. The molecule has 1 amide bonds. The molecule has 0 bridgehead atoms. The molecule has 0 aromatic heterocycles. The van der Waals surface area contributed by atoms with Crippen molar-refractivity contribution in [2.24, 2.45) is 0 Å². The van der Waals surface area contributed by atoms with Crippen LogP contribution in [0.4, 0.5) is 11.4 Å². The van der Waals surface area contributed by atoms with Gasteiger partial charge in [-0.25, -0.2) is 0 Å². The van der Waals surface area contributed by atoms with Crippen molar-refractivity contribution in [1.82, 2.24) is 0 Å². The van der Waals surface area contributed by atoms with E-state index in [1.807, 2.05) is 31.2 Å². The maximum atomic E-state index is 12.4. The number of rotatable bonds is 9. The van der Waals surface area contributed by atoms with E-state index in [0.717, 1.165) is 30.0 Å².